The van der Waals surface area contributed by atoms with Crippen molar-refractivity contribution in [3.05, 3.63) is 0 Å². The Morgan fingerprint density at radius 3 is 2.65 bits per heavy atom. The summed E-state index contributed by atoms with van der Waals surface area (Å²) in [5.41, 5.74) is -0.709. The Balaban J connectivity index is 1.84. The second-order valence-corrected chi connectivity index (χ2v) is 5.24. The molecule has 2 aliphatic rings. The highest BCUT2D eigenvalue weighted by atomic mass is 16.6. The molecule has 0 radical (unpaired) electrons. The highest BCUT2D eigenvalue weighted by Crippen LogP contribution is 2.28. The van der Waals surface area contributed by atoms with E-state index in [-0.39, 0.29) is 12.1 Å². The van der Waals surface area contributed by atoms with Crippen molar-refractivity contribution in [3.63, 3.8) is 0 Å². The molecule has 0 bridgehead atoms. The van der Waals surface area contributed by atoms with E-state index in [1.54, 1.807) is 0 Å². The first-order chi connectivity index (χ1) is 8.12. The second-order valence-electron chi connectivity index (χ2n) is 5.24. The molecule has 2 saturated heterocycles. The fraction of sp³-hybridized carbons (Fsp3) is 0.923. The number of hydrogen-bond donors (Lipinski definition) is 0. The van der Waals surface area contributed by atoms with Crippen molar-refractivity contribution < 1.29 is 19.0 Å². The zero-order chi connectivity index (χ0) is 12.3. The number of ether oxygens (including phenoxy) is 3. The zero-order valence-corrected chi connectivity index (χ0v) is 10.7. The third kappa shape index (κ3) is 2.99. The number of carbonyl (C=O) groups is 1. The van der Waals surface area contributed by atoms with Gasteiger partial charge in [0.15, 0.2) is 5.60 Å². The van der Waals surface area contributed by atoms with Crippen LogP contribution in [0.1, 0.15) is 39.5 Å². The summed E-state index contributed by atoms with van der Waals surface area (Å²) in [6.45, 7) is 6.03. The number of esters is 1. The third-order valence-corrected chi connectivity index (χ3v) is 3.87. The number of carbonyl (C=O) groups excluding carboxylic acids is 1. The van der Waals surface area contributed by atoms with Crippen LogP contribution in [0.15, 0.2) is 0 Å². The molecule has 98 valence electrons. The van der Waals surface area contributed by atoms with Gasteiger partial charge in [-0.1, -0.05) is 0 Å². The molecule has 0 aromatic carbocycles. The lowest BCUT2D eigenvalue weighted by atomic mass is 9.94. The Kier molecular flexibility index (Phi) is 4.05. The molecular formula is C13H22O4. The van der Waals surface area contributed by atoms with Gasteiger partial charge < -0.3 is 14.2 Å². The maximum Gasteiger partial charge on any atom is 0.338 e. The van der Waals surface area contributed by atoms with Crippen molar-refractivity contribution in [2.45, 2.75) is 51.2 Å². The van der Waals surface area contributed by atoms with Crippen LogP contribution >= 0.6 is 0 Å². The van der Waals surface area contributed by atoms with Crippen LogP contribution in [0.25, 0.3) is 0 Å². The molecule has 4 nitrogen and oxygen atoms in total. The summed E-state index contributed by atoms with van der Waals surface area (Å²) >= 11 is 0. The van der Waals surface area contributed by atoms with E-state index in [4.69, 9.17) is 14.2 Å². The minimum atomic E-state index is -0.709. The van der Waals surface area contributed by atoms with Crippen molar-refractivity contribution in [3.8, 4) is 0 Å². The van der Waals surface area contributed by atoms with Crippen molar-refractivity contribution in [1.29, 1.82) is 0 Å². The number of hydrogen-bond acceptors (Lipinski definition) is 4. The van der Waals surface area contributed by atoms with Crippen LogP contribution in [0.3, 0.4) is 0 Å². The lowest BCUT2D eigenvalue weighted by molar-refractivity contribution is -0.173. The van der Waals surface area contributed by atoms with Gasteiger partial charge in [-0.25, -0.2) is 4.79 Å². The summed E-state index contributed by atoms with van der Waals surface area (Å²) in [4.78, 5) is 12.0. The number of rotatable bonds is 3. The average molecular weight is 242 g/mol. The van der Waals surface area contributed by atoms with E-state index >= 15 is 0 Å². The molecule has 0 N–H and O–H groups in total. The minimum absolute atomic E-state index is 0.0348. The van der Waals surface area contributed by atoms with Crippen LogP contribution in [0.5, 0.6) is 0 Å². The molecule has 2 fully saturated rings. The maximum atomic E-state index is 12.0. The Bertz CT molecular complexity index is 265. The van der Waals surface area contributed by atoms with Gasteiger partial charge in [0.25, 0.3) is 0 Å². The molecule has 2 aliphatic heterocycles. The summed E-state index contributed by atoms with van der Waals surface area (Å²) in [6.07, 6.45) is 3.63. The molecule has 2 heterocycles. The molecule has 0 aromatic heterocycles. The van der Waals surface area contributed by atoms with E-state index in [9.17, 15) is 4.79 Å². The molecule has 2 unspecified atom stereocenters. The summed E-state index contributed by atoms with van der Waals surface area (Å²) in [5, 5.41) is 0. The predicted octanol–water partition coefficient (Wildman–Crippen LogP) is 1.91. The molecule has 17 heavy (non-hydrogen) atoms. The van der Waals surface area contributed by atoms with E-state index in [1.165, 1.54) is 0 Å². The summed E-state index contributed by atoms with van der Waals surface area (Å²) in [5.74, 6) is 0.228. The lowest BCUT2D eigenvalue weighted by Gasteiger charge is -2.30. The van der Waals surface area contributed by atoms with Gasteiger partial charge >= 0.3 is 5.97 Å². The van der Waals surface area contributed by atoms with Gasteiger partial charge in [-0.15, -0.1) is 0 Å². The van der Waals surface area contributed by atoms with E-state index in [0.717, 1.165) is 38.9 Å². The van der Waals surface area contributed by atoms with Crippen LogP contribution in [-0.2, 0) is 19.0 Å². The largest absolute Gasteiger partial charge is 0.460 e. The van der Waals surface area contributed by atoms with Crippen molar-refractivity contribution in [1.82, 2.24) is 0 Å². The van der Waals surface area contributed by atoms with E-state index < -0.39 is 5.60 Å². The van der Waals surface area contributed by atoms with E-state index in [1.807, 2.05) is 13.8 Å². The average Bonchev–Trinajstić information content (AvgIpc) is 2.78. The first-order valence-electron chi connectivity index (χ1n) is 6.54. The molecule has 0 spiro atoms. The Morgan fingerprint density at radius 2 is 2.06 bits per heavy atom. The first kappa shape index (κ1) is 12.8. The zero-order valence-electron chi connectivity index (χ0n) is 10.7. The molecular weight excluding hydrogens is 220 g/mol. The Hall–Kier alpha value is -0.610. The highest BCUT2D eigenvalue weighted by molar-refractivity contribution is 5.79. The normalized spacial score (nSPS) is 32.4. The topological polar surface area (TPSA) is 44.8 Å². The molecule has 2 rings (SSSR count). The molecule has 2 atom stereocenters. The second kappa shape index (κ2) is 5.36. The molecule has 0 aliphatic carbocycles. The SMILES string of the molecule is CC(OC(=O)C1(C)CCCO1)C1CCOCC1. The smallest absolute Gasteiger partial charge is 0.338 e. The summed E-state index contributed by atoms with van der Waals surface area (Å²) in [6, 6.07) is 0. The van der Waals surface area contributed by atoms with Crippen LogP contribution in [0, 0.1) is 5.92 Å². The highest BCUT2D eigenvalue weighted by Gasteiger charge is 2.40. The van der Waals surface area contributed by atoms with Gasteiger partial charge in [0.1, 0.15) is 6.10 Å². The van der Waals surface area contributed by atoms with Crippen LogP contribution in [0.2, 0.25) is 0 Å². The van der Waals surface area contributed by atoms with Crippen molar-refractivity contribution in [2.75, 3.05) is 19.8 Å². The quantitative estimate of drug-likeness (QED) is 0.709. The standard InChI is InChI=1S/C13H22O4/c1-10(11-4-8-15-9-5-11)17-12(14)13(2)6-3-7-16-13/h10-11H,3-9H2,1-2H3. The monoisotopic (exact) mass is 242 g/mol. The predicted molar refractivity (Wildman–Crippen MR) is 62.7 cm³/mol. The maximum absolute atomic E-state index is 12.0. The fourth-order valence-electron chi connectivity index (χ4n) is 2.52. The van der Waals surface area contributed by atoms with E-state index in [2.05, 4.69) is 0 Å². The lowest BCUT2D eigenvalue weighted by Crippen LogP contribution is -2.40. The summed E-state index contributed by atoms with van der Waals surface area (Å²) in [7, 11) is 0. The van der Waals surface area contributed by atoms with Gasteiger partial charge in [0.05, 0.1) is 0 Å². The van der Waals surface area contributed by atoms with Gasteiger partial charge in [-0.05, 0) is 39.5 Å². The van der Waals surface area contributed by atoms with Crippen LogP contribution < -0.4 is 0 Å². The fourth-order valence-corrected chi connectivity index (χ4v) is 2.52. The van der Waals surface area contributed by atoms with Crippen molar-refractivity contribution >= 4 is 5.97 Å². The molecule has 0 amide bonds. The molecule has 0 aromatic rings. The summed E-state index contributed by atoms with van der Waals surface area (Å²) < 4.78 is 16.4. The van der Waals surface area contributed by atoms with Crippen molar-refractivity contribution in [2.24, 2.45) is 5.92 Å². The van der Waals surface area contributed by atoms with Crippen LogP contribution in [-0.4, -0.2) is 37.5 Å². The Morgan fingerprint density at radius 1 is 1.35 bits per heavy atom. The van der Waals surface area contributed by atoms with E-state index in [0.29, 0.717) is 12.5 Å². The Labute approximate surface area is 103 Å². The van der Waals surface area contributed by atoms with Gasteiger partial charge in [-0.3, -0.25) is 0 Å². The first-order valence-corrected chi connectivity index (χ1v) is 6.54. The molecule has 4 heteroatoms. The molecule has 0 saturated carbocycles. The van der Waals surface area contributed by atoms with Gasteiger partial charge in [-0.2, -0.15) is 0 Å². The van der Waals surface area contributed by atoms with Crippen LogP contribution in [0.4, 0.5) is 0 Å². The van der Waals surface area contributed by atoms with Gasteiger partial charge in [0.2, 0.25) is 0 Å². The minimum Gasteiger partial charge on any atom is -0.460 e. The van der Waals surface area contributed by atoms with Gasteiger partial charge in [0, 0.05) is 25.7 Å². The third-order valence-electron chi connectivity index (χ3n) is 3.87.